The first-order valence-electron chi connectivity index (χ1n) is 5.15. The number of nitrogens with one attached hydrogen (secondary N) is 1. The lowest BCUT2D eigenvalue weighted by Crippen LogP contribution is -2.31. The largest absolute Gasteiger partial charge is 0.435 e. The highest BCUT2D eigenvalue weighted by Crippen LogP contribution is 2.27. The van der Waals surface area contributed by atoms with Crippen molar-refractivity contribution in [3.8, 4) is 0 Å². The SMILES string of the molecule is CCCC(NC(C)=O)n1c[c]c(C(F)(F)F)n1. The predicted octanol–water partition coefficient (Wildman–Crippen LogP) is 2.14. The minimum absolute atomic E-state index is 0.312. The van der Waals surface area contributed by atoms with Crippen molar-refractivity contribution >= 4 is 5.91 Å². The molecule has 1 atom stereocenters. The van der Waals surface area contributed by atoms with E-state index in [1.54, 1.807) is 0 Å². The van der Waals surface area contributed by atoms with Crippen molar-refractivity contribution in [2.45, 2.75) is 39.0 Å². The number of carbonyl (C=O) groups excluding carboxylic acids is 1. The smallest absolute Gasteiger partial charge is 0.334 e. The van der Waals surface area contributed by atoms with Crippen molar-refractivity contribution in [1.82, 2.24) is 15.1 Å². The van der Waals surface area contributed by atoms with Gasteiger partial charge < -0.3 is 5.32 Å². The second-order valence-electron chi connectivity index (χ2n) is 3.60. The van der Waals surface area contributed by atoms with Crippen LogP contribution in [0.5, 0.6) is 0 Å². The maximum absolute atomic E-state index is 12.3. The Balaban J connectivity index is 2.87. The van der Waals surface area contributed by atoms with Gasteiger partial charge in [-0.05, 0) is 6.42 Å². The molecular weight excluding hydrogens is 235 g/mol. The van der Waals surface area contributed by atoms with E-state index in [-0.39, 0.29) is 5.91 Å². The van der Waals surface area contributed by atoms with Gasteiger partial charge in [-0.1, -0.05) is 13.3 Å². The highest BCUT2D eigenvalue weighted by molar-refractivity contribution is 5.72. The maximum atomic E-state index is 12.3. The summed E-state index contributed by atoms with van der Waals surface area (Å²) in [5.41, 5.74) is -1.08. The monoisotopic (exact) mass is 248 g/mol. The van der Waals surface area contributed by atoms with Crippen LogP contribution in [0.1, 0.15) is 38.5 Å². The molecule has 1 aromatic rings. The summed E-state index contributed by atoms with van der Waals surface area (Å²) in [5.74, 6) is -0.312. The first-order valence-corrected chi connectivity index (χ1v) is 5.15. The molecule has 0 aliphatic rings. The van der Waals surface area contributed by atoms with Crippen LogP contribution in [0.25, 0.3) is 0 Å². The Labute approximate surface area is 96.8 Å². The quantitative estimate of drug-likeness (QED) is 0.887. The van der Waals surface area contributed by atoms with Gasteiger partial charge in [0.2, 0.25) is 5.91 Å². The van der Waals surface area contributed by atoms with Crippen molar-refractivity contribution < 1.29 is 18.0 Å². The average molecular weight is 248 g/mol. The molecule has 0 aliphatic heterocycles. The molecule has 1 N–H and O–H groups in total. The second-order valence-corrected chi connectivity index (χ2v) is 3.60. The van der Waals surface area contributed by atoms with Crippen molar-refractivity contribution in [1.29, 1.82) is 0 Å². The van der Waals surface area contributed by atoms with E-state index in [0.717, 1.165) is 10.9 Å². The van der Waals surface area contributed by atoms with Gasteiger partial charge in [0.15, 0.2) is 5.69 Å². The minimum Gasteiger partial charge on any atom is -0.334 e. The number of hydrogen-bond acceptors (Lipinski definition) is 2. The van der Waals surface area contributed by atoms with E-state index in [2.05, 4.69) is 10.4 Å². The Morgan fingerprint density at radius 2 is 2.29 bits per heavy atom. The molecule has 1 heterocycles. The summed E-state index contributed by atoms with van der Waals surface area (Å²) in [5, 5.41) is 5.91. The van der Waals surface area contributed by atoms with E-state index >= 15 is 0 Å². The van der Waals surface area contributed by atoms with E-state index in [0.29, 0.717) is 12.8 Å². The third kappa shape index (κ3) is 3.76. The molecule has 0 spiro atoms. The molecule has 0 aromatic carbocycles. The fourth-order valence-corrected chi connectivity index (χ4v) is 1.38. The van der Waals surface area contributed by atoms with Gasteiger partial charge in [-0.3, -0.25) is 4.79 Å². The maximum Gasteiger partial charge on any atom is 0.435 e. The molecular formula is C10H13F3N3O. The Kier molecular flexibility index (Phi) is 4.14. The highest BCUT2D eigenvalue weighted by Gasteiger charge is 2.34. The number of amides is 1. The van der Waals surface area contributed by atoms with Crippen molar-refractivity contribution in [3.05, 3.63) is 18.0 Å². The first kappa shape index (κ1) is 13.5. The summed E-state index contributed by atoms with van der Waals surface area (Å²) in [6, 6.07) is 2.03. The number of hydrogen-bond donors (Lipinski definition) is 1. The summed E-state index contributed by atoms with van der Waals surface area (Å²) >= 11 is 0. The fourth-order valence-electron chi connectivity index (χ4n) is 1.38. The molecule has 0 saturated heterocycles. The molecule has 1 amide bonds. The topological polar surface area (TPSA) is 46.9 Å². The summed E-state index contributed by atoms with van der Waals surface area (Å²) in [6.07, 6.45) is -2.76. The number of nitrogens with zero attached hydrogens (tertiary/aromatic N) is 2. The van der Waals surface area contributed by atoms with Crippen LogP contribution < -0.4 is 5.32 Å². The predicted molar refractivity (Wildman–Crippen MR) is 53.8 cm³/mol. The Hall–Kier alpha value is -1.53. The van der Waals surface area contributed by atoms with Crippen molar-refractivity contribution in [2.75, 3.05) is 0 Å². The van der Waals surface area contributed by atoms with E-state index in [9.17, 15) is 18.0 Å². The third-order valence-electron chi connectivity index (χ3n) is 2.07. The van der Waals surface area contributed by atoms with Crippen LogP contribution in [-0.2, 0) is 11.0 Å². The molecule has 1 unspecified atom stereocenters. The third-order valence-corrected chi connectivity index (χ3v) is 2.07. The lowest BCUT2D eigenvalue weighted by Gasteiger charge is -2.17. The van der Waals surface area contributed by atoms with E-state index in [4.69, 9.17) is 0 Å². The van der Waals surface area contributed by atoms with Crippen LogP contribution in [-0.4, -0.2) is 15.7 Å². The normalized spacial score (nSPS) is 13.5. The zero-order valence-electron chi connectivity index (χ0n) is 9.51. The van der Waals surface area contributed by atoms with E-state index in [1.165, 1.54) is 6.92 Å². The summed E-state index contributed by atoms with van der Waals surface area (Å²) < 4.78 is 38.0. The van der Waals surface area contributed by atoms with Crippen LogP contribution >= 0.6 is 0 Å². The van der Waals surface area contributed by atoms with Crippen LogP contribution in [0, 0.1) is 6.07 Å². The van der Waals surface area contributed by atoms with Gasteiger partial charge >= 0.3 is 6.18 Å². The summed E-state index contributed by atoms with van der Waals surface area (Å²) in [6.45, 7) is 3.17. The molecule has 0 aliphatic carbocycles. The van der Waals surface area contributed by atoms with E-state index < -0.39 is 18.0 Å². The molecule has 4 nitrogen and oxygen atoms in total. The number of aromatic nitrogens is 2. The molecule has 0 saturated carbocycles. The molecule has 7 heteroatoms. The van der Waals surface area contributed by atoms with Gasteiger partial charge in [-0.15, -0.1) is 0 Å². The number of alkyl halides is 3. The molecule has 1 radical (unpaired) electrons. The molecule has 1 aromatic heterocycles. The van der Waals surface area contributed by atoms with Gasteiger partial charge in [0.25, 0.3) is 0 Å². The van der Waals surface area contributed by atoms with Crippen molar-refractivity contribution in [3.63, 3.8) is 0 Å². The van der Waals surface area contributed by atoms with Gasteiger partial charge in [0.1, 0.15) is 6.17 Å². The van der Waals surface area contributed by atoms with Gasteiger partial charge in [0, 0.05) is 19.2 Å². The van der Waals surface area contributed by atoms with Gasteiger partial charge in [-0.25, -0.2) is 4.68 Å². The molecule has 1 rings (SSSR count). The number of rotatable bonds is 4. The number of carbonyl (C=O) groups is 1. The Morgan fingerprint density at radius 1 is 1.65 bits per heavy atom. The molecule has 95 valence electrons. The standard InChI is InChI=1S/C10H13F3N3O/c1-3-4-9(14-7(2)17)16-6-5-8(15-16)10(11,12)13/h6,9H,3-4H2,1-2H3,(H,14,17). The van der Waals surface area contributed by atoms with E-state index in [1.807, 2.05) is 13.0 Å². The molecule has 0 bridgehead atoms. The lowest BCUT2D eigenvalue weighted by molar-refractivity contribution is -0.141. The highest BCUT2D eigenvalue weighted by atomic mass is 19.4. The zero-order chi connectivity index (χ0) is 13.1. The van der Waals surface area contributed by atoms with Crippen LogP contribution in [0.15, 0.2) is 6.20 Å². The lowest BCUT2D eigenvalue weighted by atomic mass is 10.3. The average Bonchev–Trinajstić information content (AvgIpc) is 2.64. The Morgan fingerprint density at radius 3 is 2.71 bits per heavy atom. The van der Waals surface area contributed by atoms with Crippen molar-refractivity contribution in [2.24, 2.45) is 0 Å². The Bertz CT molecular complexity index is 386. The second kappa shape index (κ2) is 5.20. The van der Waals surface area contributed by atoms with Crippen LogP contribution in [0.4, 0.5) is 13.2 Å². The fraction of sp³-hybridized carbons (Fsp3) is 0.600. The van der Waals surface area contributed by atoms with Crippen LogP contribution in [0.2, 0.25) is 0 Å². The van der Waals surface area contributed by atoms with Gasteiger partial charge in [-0.2, -0.15) is 18.3 Å². The molecule has 17 heavy (non-hydrogen) atoms. The van der Waals surface area contributed by atoms with Gasteiger partial charge in [0.05, 0.1) is 0 Å². The summed E-state index contributed by atoms with van der Waals surface area (Å²) in [7, 11) is 0. The minimum atomic E-state index is -4.52. The number of halogens is 3. The summed E-state index contributed by atoms with van der Waals surface area (Å²) in [4.78, 5) is 10.9. The first-order chi connectivity index (χ1) is 7.84. The van der Waals surface area contributed by atoms with Crippen LogP contribution in [0.3, 0.4) is 0 Å². The molecule has 0 fully saturated rings. The zero-order valence-corrected chi connectivity index (χ0v) is 9.51.